The van der Waals surface area contributed by atoms with Crippen LogP contribution in [-0.4, -0.2) is 0 Å². The average molecular weight is 227 g/mol. The van der Waals surface area contributed by atoms with Crippen LogP contribution in [0.5, 0.6) is 0 Å². The Labute approximate surface area is 106 Å². The minimum atomic E-state index is 0.810. The molecule has 17 heavy (non-hydrogen) atoms. The summed E-state index contributed by atoms with van der Waals surface area (Å²) in [5, 5.41) is 0. The molecule has 0 unspecified atom stereocenters. The van der Waals surface area contributed by atoms with Crippen molar-refractivity contribution in [2.24, 2.45) is 0 Å². The quantitative estimate of drug-likeness (QED) is 0.509. The zero-order valence-corrected chi connectivity index (χ0v) is 11.6. The van der Waals surface area contributed by atoms with E-state index in [2.05, 4.69) is 39.7 Å². The summed E-state index contributed by atoms with van der Waals surface area (Å²) in [4.78, 5) is 0. The molecule has 0 spiro atoms. The van der Waals surface area contributed by atoms with Gasteiger partial charge in [0.2, 0.25) is 0 Å². The van der Waals surface area contributed by atoms with Gasteiger partial charge in [-0.1, -0.05) is 18.4 Å². The molecule has 0 atom stereocenters. The molecule has 0 saturated carbocycles. The Morgan fingerprint density at radius 2 is 1.65 bits per heavy atom. The number of aryl methyl sites for hydroxylation is 2. The van der Waals surface area contributed by atoms with Crippen LogP contribution < -0.4 is 0 Å². The van der Waals surface area contributed by atoms with Crippen LogP contribution in [0.25, 0.3) is 0 Å². The summed E-state index contributed by atoms with van der Waals surface area (Å²) < 4.78 is 0. The summed E-state index contributed by atoms with van der Waals surface area (Å²) >= 11 is 0. The third kappa shape index (κ3) is 3.63. The van der Waals surface area contributed by atoms with Gasteiger partial charge in [0, 0.05) is 6.42 Å². The van der Waals surface area contributed by atoms with E-state index in [1.165, 1.54) is 47.1 Å². The molecule has 1 aromatic carbocycles. The van der Waals surface area contributed by atoms with Crippen LogP contribution in [0.1, 0.15) is 53.5 Å². The van der Waals surface area contributed by atoms with Crippen molar-refractivity contribution in [2.45, 2.75) is 59.8 Å². The van der Waals surface area contributed by atoms with Crippen LogP contribution in [0.2, 0.25) is 0 Å². The third-order valence-electron chi connectivity index (χ3n) is 3.84. The Morgan fingerprint density at radius 3 is 2.29 bits per heavy atom. The lowest BCUT2D eigenvalue weighted by atomic mass is 9.92. The molecular weight excluding hydrogens is 204 g/mol. The van der Waals surface area contributed by atoms with E-state index in [-0.39, 0.29) is 0 Å². The van der Waals surface area contributed by atoms with Crippen LogP contribution in [-0.2, 0) is 6.42 Å². The second kappa shape index (κ2) is 6.50. The SMILES string of the molecule is [C]#CCCCCCc1cc(C)c(C)c(C)c1C. The Balaban J connectivity index is 2.63. The maximum Gasteiger partial charge on any atom is 0.00989 e. The summed E-state index contributed by atoms with van der Waals surface area (Å²) in [7, 11) is 0. The molecule has 0 N–H and O–H groups in total. The van der Waals surface area contributed by atoms with Crippen molar-refractivity contribution in [3.8, 4) is 5.92 Å². The van der Waals surface area contributed by atoms with Gasteiger partial charge < -0.3 is 0 Å². The summed E-state index contributed by atoms with van der Waals surface area (Å²) in [5.74, 6) is 2.45. The Morgan fingerprint density at radius 1 is 0.941 bits per heavy atom. The van der Waals surface area contributed by atoms with Crippen LogP contribution in [0.4, 0.5) is 0 Å². The lowest BCUT2D eigenvalue weighted by Crippen LogP contribution is -1.98. The first-order chi connectivity index (χ1) is 8.07. The monoisotopic (exact) mass is 227 g/mol. The molecule has 91 valence electrons. The molecule has 0 fully saturated rings. The van der Waals surface area contributed by atoms with Crippen molar-refractivity contribution in [1.82, 2.24) is 0 Å². The molecule has 1 rings (SSSR count). The van der Waals surface area contributed by atoms with Gasteiger partial charge in [-0.2, -0.15) is 0 Å². The first kappa shape index (κ1) is 13.8. The van der Waals surface area contributed by atoms with Gasteiger partial charge in [-0.25, -0.2) is 0 Å². The van der Waals surface area contributed by atoms with Gasteiger partial charge in [-0.15, -0.1) is 0 Å². The molecule has 0 aromatic heterocycles. The lowest BCUT2D eigenvalue weighted by molar-refractivity contribution is 0.690. The maximum absolute atomic E-state index is 6.87. The summed E-state index contributed by atoms with van der Waals surface area (Å²) in [6, 6.07) is 2.35. The van der Waals surface area contributed by atoms with Gasteiger partial charge in [0.05, 0.1) is 0 Å². The number of rotatable bonds is 5. The molecule has 0 aliphatic heterocycles. The summed E-state index contributed by atoms with van der Waals surface area (Å²) in [6.07, 6.45) is 12.4. The van der Waals surface area contributed by atoms with E-state index >= 15 is 0 Å². The maximum atomic E-state index is 6.87. The van der Waals surface area contributed by atoms with E-state index in [0.29, 0.717) is 0 Å². The molecule has 0 aliphatic carbocycles. The van der Waals surface area contributed by atoms with E-state index in [1.54, 1.807) is 0 Å². The second-order valence-corrected chi connectivity index (χ2v) is 4.97. The minimum absolute atomic E-state index is 0.810. The van der Waals surface area contributed by atoms with Crippen molar-refractivity contribution >= 4 is 0 Å². The molecule has 1 radical (unpaired) electrons. The second-order valence-electron chi connectivity index (χ2n) is 4.97. The van der Waals surface area contributed by atoms with Crippen molar-refractivity contribution in [2.75, 3.05) is 0 Å². The van der Waals surface area contributed by atoms with E-state index in [4.69, 9.17) is 6.42 Å². The van der Waals surface area contributed by atoms with E-state index < -0.39 is 0 Å². The van der Waals surface area contributed by atoms with Crippen LogP contribution in [0.15, 0.2) is 6.07 Å². The fraction of sp³-hybridized carbons (Fsp3) is 0.529. The highest BCUT2D eigenvalue weighted by molar-refractivity contribution is 5.43. The highest BCUT2D eigenvalue weighted by Gasteiger charge is 2.06. The molecular formula is C17H23. The first-order valence-corrected chi connectivity index (χ1v) is 6.53. The molecule has 0 bridgehead atoms. The molecule has 0 heteroatoms. The highest BCUT2D eigenvalue weighted by atomic mass is 14.1. The van der Waals surface area contributed by atoms with Gasteiger partial charge in [-0.05, 0) is 81.2 Å². The predicted molar refractivity (Wildman–Crippen MR) is 74.7 cm³/mol. The Kier molecular flexibility index (Phi) is 5.29. The molecule has 0 saturated heterocycles. The van der Waals surface area contributed by atoms with E-state index in [0.717, 1.165) is 12.8 Å². The Hall–Kier alpha value is -1.22. The summed E-state index contributed by atoms with van der Waals surface area (Å²) in [5.41, 5.74) is 7.27. The van der Waals surface area contributed by atoms with Gasteiger partial charge in [0.15, 0.2) is 0 Å². The standard InChI is InChI=1S/C17H23/c1-6-7-8-9-10-11-17-12-13(2)14(3)15(4)16(17)5/h12H,7-11H2,2-5H3. The van der Waals surface area contributed by atoms with Crippen molar-refractivity contribution in [3.63, 3.8) is 0 Å². The van der Waals surface area contributed by atoms with Gasteiger partial charge in [0.25, 0.3) is 0 Å². The van der Waals surface area contributed by atoms with Gasteiger partial charge in [0.1, 0.15) is 0 Å². The van der Waals surface area contributed by atoms with Crippen molar-refractivity contribution in [1.29, 1.82) is 0 Å². The molecule has 1 aromatic rings. The van der Waals surface area contributed by atoms with Gasteiger partial charge >= 0.3 is 0 Å². The first-order valence-electron chi connectivity index (χ1n) is 6.53. The van der Waals surface area contributed by atoms with E-state index in [1.807, 2.05) is 0 Å². The Bertz CT molecular complexity index is 419. The third-order valence-corrected chi connectivity index (χ3v) is 3.84. The number of hydrogen-bond acceptors (Lipinski definition) is 0. The predicted octanol–water partition coefficient (Wildman–Crippen LogP) is 4.61. The van der Waals surface area contributed by atoms with Crippen LogP contribution in [0, 0.1) is 40.0 Å². The van der Waals surface area contributed by atoms with Crippen LogP contribution >= 0.6 is 0 Å². The highest BCUT2D eigenvalue weighted by Crippen LogP contribution is 2.22. The summed E-state index contributed by atoms with van der Waals surface area (Å²) in [6.45, 7) is 8.88. The van der Waals surface area contributed by atoms with E-state index in [9.17, 15) is 0 Å². The number of benzene rings is 1. The zero-order valence-electron chi connectivity index (χ0n) is 11.6. The van der Waals surface area contributed by atoms with Gasteiger partial charge in [-0.3, -0.25) is 0 Å². The van der Waals surface area contributed by atoms with Crippen molar-refractivity contribution in [3.05, 3.63) is 40.3 Å². The molecule has 0 amide bonds. The largest absolute Gasteiger partial charge is 0.0891 e. The minimum Gasteiger partial charge on any atom is -0.0891 e. The number of unbranched alkanes of at least 4 members (excludes halogenated alkanes) is 3. The fourth-order valence-electron chi connectivity index (χ4n) is 2.26. The topological polar surface area (TPSA) is 0 Å². The molecule has 0 aliphatic rings. The fourth-order valence-corrected chi connectivity index (χ4v) is 2.26. The normalized spacial score (nSPS) is 10.3. The smallest absolute Gasteiger partial charge is 0.00989 e. The van der Waals surface area contributed by atoms with Crippen LogP contribution in [0.3, 0.4) is 0 Å². The zero-order chi connectivity index (χ0) is 12.8. The lowest BCUT2D eigenvalue weighted by Gasteiger charge is -2.14. The van der Waals surface area contributed by atoms with Crippen molar-refractivity contribution < 1.29 is 0 Å². The molecule has 0 nitrogen and oxygen atoms in total. The average Bonchev–Trinajstić information content (AvgIpc) is 2.32. The number of hydrogen-bond donors (Lipinski definition) is 0. The molecule has 0 heterocycles.